The molecule has 1 heterocycles. The van der Waals surface area contributed by atoms with Gasteiger partial charge in [0, 0.05) is 6.20 Å². The van der Waals surface area contributed by atoms with E-state index in [1.165, 1.54) is 0 Å². The Labute approximate surface area is 155 Å². The van der Waals surface area contributed by atoms with Crippen LogP contribution < -0.4 is 14.1 Å². The second-order valence-corrected chi connectivity index (χ2v) is 7.27. The maximum atomic E-state index is 13.3. The summed E-state index contributed by atoms with van der Waals surface area (Å²) in [7, 11) is -3.92. The van der Waals surface area contributed by atoms with Crippen LogP contribution in [0.25, 0.3) is 0 Å². The summed E-state index contributed by atoms with van der Waals surface area (Å²) in [5, 5.41) is 3.29. The smallest absolute Gasteiger partial charge is 0.399 e. The minimum absolute atomic E-state index is 0.211. The average Bonchev–Trinajstić information content (AvgIpc) is 2.60. The summed E-state index contributed by atoms with van der Waals surface area (Å²) in [5.74, 6) is 0.746. The molecular formula is C17H13Cl2N2O3P. The van der Waals surface area contributed by atoms with Crippen molar-refractivity contribution >= 4 is 36.8 Å². The molecule has 5 nitrogen and oxygen atoms in total. The van der Waals surface area contributed by atoms with Gasteiger partial charge in [-0.15, -0.1) is 0 Å². The predicted molar refractivity (Wildman–Crippen MR) is 99.6 cm³/mol. The fraction of sp³-hybridized carbons (Fsp3) is 0. The van der Waals surface area contributed by atoms with Crippen LogP contribution in [0.5, 0.6) is 11.5 Å². The molecule has 0 aliphatic rings. The lowest BCUT2D eigenvalue weighted by atomic mass is 10.3. The standard InChI is InChI=1S/C17H13Cl2N2O3P/c18-13-7-1-3-9-15(13)23-25(22,21-17-11-5-6-12-20-17)24-16-10-4-2-8-14(16)19/h1-12H,(H,20,21,22). The van der Waals surface area contributed by atoms with Crippen LogP contribution in [0.2, 0.25) is 10.0 Å². The lowest BCUT2D eigenvalue weighted by Gasteiger charge is -2.21. The van der Waals surface area contributed by atoms with E-state index in [2.05, 4.69) is 10.1 Å². The summed E-state index contributed by atoms with van der Waals surface area (Å²) < 4.78 is 24.5. The van der Waals surface area contributed by atoms with Gasteiger partial charge in [-0.2, -0.15) is 0 Å². The van der Waals surface area contributed by atoms with Crippen LogP contribution in [0.15, 0.2) is 72.9 Å². The third kappa shape index (κ3) is 4.67. The van der Waals surface area contributed by atoms with Crippen LogP contribution in [-0.4, -0.2) is 4.98 Å². The number of nitrogens with one attached hydrogen (secondary N) is 1. The zero-order chi connectivity index (χ0) is 17.7. The lowest BCUT2D eigenvalue weighted by Crippen LogP contribution is -2.11. The number of benzene rings is 2. The first-order chi connectivity index (χ1) is 12.1. The second kappa shape index (κ2) is 7.79. The third-order valence-corrected chi connectivity index (χ3v) is 5.03. The van der Waals surface area contributed by atoms with E-state index in [0.717, 1.165) is 0 Å². The number of para-hydroxylation sites is 2. The minimum atomic E-state index is -3.92. The summed E-state index contributed by atoms with van der Waals surface area (Å²) in [6.45, 7) is 0. The van der Waals surface area contributed by atoms with Crippen molar-refractivity contribution in [2.75, 3.05) is 5.09 Å². The average molecular weight is 395 g/mol. The third-order valence-electron chi connectivity index (χ3n) is 3.03. The molecule has 0 fully saturated rings. The van der Waals surface area contributed by atoms with Crippen LogP contribution in [0.3, 0.4) is 0 Å². The zero-order valence-electron chi connectivity index (χ0n) is 12.8. The Morgan fingerprint density at radius 2 is 1.32 bits per heavy atom. The Morgan fingerprint density at radius 1 is 0.800 bits per heavy atom. The number of hydrogen-bond acceptors (Lipinski definition) is 4. The van der Waals surface area contributed by atoms with Crippen molar-refractivity contribution in [2.24, 2.45) is 0 Å². The molecule has 3 aromatic rings. The minimum Gasteiger partial charge on any atom is -0.399 e. The molecule has 8 heteroatoms. The zero-order valence-corrected chi connectivity index (χ0v) is 15.2. The molecule has 128 valence electrons. The maximum absolute atomic E-state index is 13.3. The van der Waals surface area contributed by atoms with Crippen LogP contribution in [-0.2, 0) is 4.57 Å². The molecule has 0 amide bonds. The van der Waals surface area contributed by atoms with Gasteiger partial charge in [0.2, 0.25) is 0 Å². The molecule has 0 unspecified atom stereocenters. The molecule has 0 atom stereocenters. The molecule has 3 rings (SSSR count). The molecule has 2 aromatic carbocycles. The first-order valence-electron chi connectivity index (χ1n) is 7.23. The molecule has 0 saturated carbocycles. The van der Waals surface area contributed by atoms with Crippen LogP contribution in [0, 0.1) is 0 Å². The van der Waals surface area contributed by atoms with Gasteiger partial charge < -0.3 is 9.05 Å². The molecule has 1 aromatic heterocycles. The Bertz CT molecular complexity index is 858. The Balaban J connectivity index is 1.94. The van der Waals surface area contributed by atoms with Gasteiger partial charge in [0.05, 0.1) is 10.0 Å². The molecule has 0 saturated heterocycles. The highest BCUT2D eigenvalue weighted by molar-refractivity contribution is 7.56. The van der Waals surface area contributed by atoms with E-state index in [1.54, 1.807) is 72.9 Å². The highest BCUT2D eigenvalue weighted by Crippen LogP contribution is 2.50. The fourth-order valence-corrected chi connectivity index (χ4v) is 3.76. The van der Waals surface area contributed by atoms with E-state index in [9.17, 15) is 4.57 Å². The topological polar surface area (TPSA) is 60.5 Å². The van der Waals surface area contributed by atoms with Crippen molar-refractivity contribution in [3.8, 4) is 11.5 Å². The molecule has 0 aliphatic heterocycles. The first kappa shape index (κ1) is 17.6. The normalized spacial score (nSPS) is 11.0. The van der Waals surface area contributed by atoms with E-state index in [1.807, 2.05) is 0 Å². The summed E-state index contributed by atoms with van der Waals surface area (Å²) in [5.41, 5.74) is 0. The van der Waals surface area contributed by atoms with Gasteiger partial charge in [-0.1, -0.05) is 53.5 Å². The number of pyridine rings is 1. The highest BCUT2D eigenvalue weighted by atomic mass is 35.5. The monoisotopic (exact) mass is 394 g/mol. The first-order valence-corrected chi connectivity index (χ1v) is 9.53. The number of nitrogens with zero attached hydrogens (tertiary/aromatic N) is 1. The van der Waals surface area contributed by atoms with Crippen molar-refractivity contribution < 1.29 is 13.6 Å². The molecule has 0 aliphatic carbocycles. The summed E-state index contributed by atoms with van der Waals surface area (Å²) in [4.78, 5) is 4.08. The molecule has 0 bridgehead atoms. The van der Waals surface area contributed by atoms with E-state index in [4.69, 9.17) is 32.2 Å². The van der Waals surface area contributed by atoms with E-state index >= 15 is 0 Å². The van der Waals surface area contributed by atoms with Gasteiger partial charge in [0.1, 0.15) is 5.82 Å². The highest BCUT2D eigenvalue weighted by Gasteiger charge is 2.31. The molecule has 1 N–H and O–H groups in total. The summed E-state index contributed by atoms with van der Waals surface area (Å²) in [6.07, 6.45) is 1.55. The Hall–Kier alpha value is -2.20. The number of aromatic nitrogens is 1. The molecule has 0 radical (unpaired) electrons. The van der Waals surface area contributed by atoms with Gasteiger partial charge in [0.15, 0.2) is 11.5 Å². The number of anilines is 1. The van der Waals surface area contributed by atoms with Gasteiger partial charge in [-0.05, 0) is 36.4 Å². The van der Waals surface area contributed by atoms with Gasteiger partial charge in [-0.3, -0.25) is 5.09 Å². The van der Waals surface area contributed by atoms with E-state index in [-0.39, 0.29) is 11.5 Å². The van der Waals surface area contributed by atoms with Crippen molar-refractivity contribution in [3.63, 3.8) is 0 Å². The molecule has 0 spiro atoms. The Morgan fingerprint density at radius 3 is 1.80 bits per heavy atom. The largest absolute Gasteiger partial charge is 0.542 e. The van der Waals surface area contributed by atoms with Crippen LogP contribution in [0.4, 0.5) is 5.82 Å². The molecule has 25 heavy (non-hydrogen) atoms. The van der Waals surface area contributed by atoms with Gasteiger partial charge >= 0.3 is 7.75 Å². The fourth-order valence-electron chi connectivity index (χ4n) is 1.93. The number of hydrogen-bond donors (Lipinski definition) is 1. The van der Waals surface area contributed by atoms with Crippen molar-refractivity contribution in [1.29, 1.82) is 0 Å². The number of halogens is 2. The van der Waals surface area contributed by atoms with Crippen molar-refractivity contribution in [2.45, 2.75) is 0 Å². The van der Waals surface area contributed by atoms with E-state index in [0.29, 0.717) is 15.9 Å². The summed E-state index contributed by atoms with van der Waals surface area (Å²) in [6, 6.07) is 18.4. The molecular weight excluding hydrogens is 382 g/mol. The Kier molecular flexibility index (Phi) is 5.49. The number of rotatable bonds is 6. The van der Waals surface area contributed by atoms with Crippen molar-refractivity contribution in [1.82, 2.24) is 4.98 Å². The second-order valence-electron chi connectivity index (χ2n) is 4.87. The maximum Gasteiger partial charge on any atom is 0.542 e. The van der Waals surface area contributed by atoms with E-state index < -0.39 is 7.75 Å². The van der Waals surface area contributed by atoms with Crippen molar-refractivity contribution in [3.05, 3.63) is 83.0 Å². The lowest BCUT2D eigenvalue weighted by molar-refractivity contribution is 0.393. The van der Waals surface area contributed by atoms with Gasteiger partial charge in [0.25, 0.3) is 0 Å². The van der Waals surface area contributed by atoms with Crippen LogP contribution >= 0.6 is 30.9 Å². The SMILES string of the molecule is O=P(Nc1ccccn1)(Oc1ccccc1Cl)Oc1ccccc1Cl. The predicted octanol–water partition coefficient (Wildman–Crippen LogP) is 6.07. The van der Waals surface area contributed by atoms with Gasteiger partial charge in [-0.25, -0.2) is 9.55 Å². The quantitative estimate of drug-likeness (QED) is 0.514. The summed E-state index contributed by atoms with van der Waals surface area (Å²) >= 11 is 12.2. The van der Waals surface area contributed by atoms with Crippen LogP contribution in [0.1, 0.15) is 0 Å².